The van der Waals surface area contributed by atoms with Crippen LogP contribution >= 0.6 is 11.3 Å². The van der Waals surface area contributed by atoms with Crippen LogP contribution in [0.25, 0.3) is 0 Å². The van der Waals surface area contributed by atoms with Gasteiger partial charge in [-0.25, -0.2) is 0 Å². The zero-order valence-corrected chi connectivity index (χ0v) is 8.65. The van der Waals surface area contributed by atoms with Gasteiger partial charge in [-0.05, 0) is 54.5 Å². The van der Waals surface area contributed by atoms with Gasteiger partial charge in [-0.2, -0.15) is 11.3 Å². The van der Waals surface area contributed by atoms with Crippen molar-refractivity contribution in [1.29, 1.82) is 0 Å². The lowest BCUT2D eigenvalue weighted by Crippen LogP contribution is -2.05. The molecule has 0 bridgehead atoms. The van der Waals surface area contributed by atoms with Crippen LogP contribution in [0, 0.1) is 0 Å². The molecule has 1 aromatic rings. The second kappa shape index (κ2) is 3.81. The SMILES string of the molecule is OC1(CCCCc2ccsc2)CC1. The summed E-state index contributed by atoms with van der Waals surface area (Å²) in [5.41, 5.74) is 1.21. The molecule has 0 unspecified atom stereocenters. The minimum Gasteiger partial charge on any atom is -0.390 e. The summed E-state index contributed by atoms with van der Waals surface area (Å²) >= 11 is 1.77. The first-order chi connectivity index (χ1) is 6.29. The fraction of sp³-hybridized carbons (Fsp3) is 0.636. The van der Waals surface area contributed by atoms with E-state index >= 15 is 0 Å². The molecule has 1 aliphatic carbocycles. The van der Waals surface area contributed by atoms with E-state index in [1.54, 1.807) is 11.3 Å². The highest BCUT2D eigenvalue weighted by Crippen LogP contribution is 2.39. The first-order valence-corrected chi connectivity index (χ1v) is 5.96. The Bertz CT molecular complexity index is 249. The first-order valence-electron chi connectivity index (χ1n) is 5.02. The molecular formula is C11H16OS. The van der Waals surface area contributed by atoms with E-state index in [2.05, 4.69) is 16.8 Å². The maximum absolute atomic E-state index is 9.59. The normalized spacial score (nSPS) is 18.8. The highest BCUT2D eigenvalue weighted by Gasteiger charge is 2.38. The Morgan fingerprint density at radius 2 is 2.23 bits per heavy atom. The molecule has 2 heteroatoms. The Hall–Kier alpha value is -0.340. The molecule has 1 N–H and O–H groups in total. The van der Waals surface area contributed by atoms with Crippen LogP contribution in [0.3, 0.4) is 0 Å². The third-order valence-corrected chi connectivity index (χ3v) is 3.50. The van der Waals surface area contributed by atoms with Gasteiger partial charge in [-0.15, -0.1) is 0 Å². The average molecular weight is 196 g/mol. The van der Waals surface area contributed by atoms with Gasteiger partial charge in [0.15, 0.2) is 0 Å². The number of aliphatic hydroxyl groups is 1. The van der Waals surface area contributed by atoms with Crippen LogP contribution in [0.15, 0.2) is 16.8 Å². The van der Waals surface area contributed by atoms with Crippen molar-refractivity contribution >= 4 is 11.3 Å². The second-order valence-corrected chi connectivity index (χ2v) is 4.84. The van der Waals surface area contributed by atoms with Crippen molar-refractivity contribution in [3.8, 4) is 0 Å². The summed E-state index contributed by atoms with van der Waals surface area (Å²) in [6, 6.07) is 2.19. The largest absolute Gasteiger partial charge is 0.390 e. The Kier molecular flexibility index (Phi) is 2.70. The fourth-order valence-corrected chi connectivity index (χ4v) is 2.32. The van der Waals surface area contributed by atoms with E-state index in [4.69, 9.17) is 0 Å². The van der Waals surface area contributed by atoms with E-state index in [0.717, 1.165) is 19.3 Å². The molecule has 1 aromatic heterocycles. The van der Waals surface area contributed by atoms with Crippen LogP contribution in [0.4, 0.5) is 0 Å². The van der Waals surface area contributed by atoms with E-state index < -0.39 is 0 Å². The van der Waals surface area contributed by atoms with Crippen molar-refractivity contribution in [3.63, 3.8) is 0 Å². The summed E-state index contributed by atoms with van der Waals surface area (Å²) in [4.78, 5) is 0. The van der Waals surface area contributed by atoms with Gasteiger partial charge in [0.25, 0.3) is 0 Å². The molecule has 1 fully saturated rings. The van der Waals surface area contributed by atoms with Crippen molar-refractivity contribution < 1.29 is 5.11 Å². The van der Waals surface area contributed by atoms with Crippen LogP contribution in [-0.4, -0.2) is 10.7 Å². The van der Waals surface area contributed by atoms with Crippen molar-refractivity contribution in [3.05, 3.63) is 22.4 Å². The quantitative estimate of drug-likeness (QED) is 0.718. The van der Waals surface area contributed by atoms with E-state index in [9.17, 15) is 5.11 Å². The number of thiophene rings is 1. The zero-order chi connectivity index (χ0) is 9.15. The zero-order valence-electron chi connectivity index (χ0n) is 7.83. The number of aryl methyl sites for hydroxylation is 1. The number of hydrogen-bond acceptors (Lipinski definition) is 2. The lowest BCUT2D eigenvalue weighted by atomic mass is 10.1. The summed E-state index contributed by atoms with van der Waals surface area (Å²) in [7, 11) is 0. The molecule has 72 valence electrons. The summed E-state index contributed by atoms with van der Waals surface area (Å²) < 4.78 is 0. The number of rotatable bonds is 5. The standard InChI is InChI=1S/C11H16OS/c12-11(6-7-11)5-2-1-3-10-4-8-13-9-10/h4,8-9,12H,1-3,5-7H2. The highest BCUT2D eigenvalue weighted by molar-refractivity contribution is 7.07. The minimum absolute atomic E-state index is 0.241. The molecule has 0 atom stereocenters. The van der Waals surface area contributed by atoms with Crippen LogP contribution in [0.1, 0.15) is 37.7 Å². The second-order valence-electron chi connectivity index (χ2n) is 4.06. The van der Waals surface area contributed by atoms with E-state index in [1.165, 1.54) is 24.8 Å². The maximum Gasteiger partial charge on any atom is 0.0650 e. The molecule has 0 aromatic carbocycles. The van der Waals surface area contributed by atoms with Crippen LogP contribution in [0.2, 0.25) is 0 Å². The average Bonchev–Trinajstić information content (AvgIpc) is 2.69. The lowest BCUT2D eigenvalue weighted by Gasteiger charge is -2.05. The van der Waals surface area contributed by atoms with Crippen molar-refractivity contribution in [2.75, 3.05) is 0 Å². The summed E-state index contributed by atoms with van der Waals surface area (Å²) in [5, 5.41) is 13.9. The first kappa shape index (κ1) is 9.22. The Labute approximate surface area is 83.4 Å². The highest BCUT2D eigenvalue weighted by atomic mass is 32.1. The van der Waals surface area contributed by atoms with Crippen LogP contribution < -0.4 is 0 Å². The van der Waals surface area contributed by atoms with Gasteiger partial charge in [0.1, 0.15) is 0 Å². The molecule has 2 rings (SSSR count). The molecule has 0 spiro atoms. The third kappa shape index (κ3) is 2.82. The third-order valence-electron chi connectivity index (χ3n) is 2.76. The van der Waals surface area contributed by atoms with Gasteiger partial charge in [0.05, 0.1) is 5.60 Å². The summed E-state index contributed by atoms with van der Waals surface area (Å²) in [6.45, 7) is 0. The predicted molar refractivity (Wildman–Crippen MR) is 56.1 cm³/mol. The molecule has 0 saturated heterocycles. The van der Waals surface area contributed by atoms with Crippen LogP contribution in [0.5, 0.6) is 0 Å². The minimum atomic E-state index is -0.241. The lowest BCUT2D eigenvalue weighted by molar-refractivity contribution is 0.136. The molecule has 0 aliphatic heterocycles. The molecule has 1 nitrogen and oxygen atoms in total. The van der Waals surface area contributed by atoms with Gasteiger partial charge in [0, 0.05) is 0 Å². The number of unbranched alkanes of at least 4 members (excludes halogenated alkanes) is 1. The smallest absolute Gasteiger partial charge is 0.0650 e. The van der Waals surface area contributed by atoms with Crippen molar-refractivity contribution in [1.82, 2.24) is 0 Å². The monoisotopic (exact) mass is 196 g/mol. The van der Waals surface area contributed by atoms with Gasteiger partial charge in [-0.1, -0.05) is 6.42 Å². The molecule has 0 amide bonds. The Morgan fingerprint density at radius 1 is 1.38 bits per heavy atom. The van der Waals surface area contributed by atoms with E-state index in [-0.39, 0.29) is 5.60 Å². The predicted octanol–water partition coefficient (Wildman–Crippen LogP) is 2.99. The molecule has 1 aliphatic rings. The molecule has 1 saturated carbocycles. The van der Waals surface area contributed by atoms with Gasteiger partial charge >= 0.3 is 0 Å². The number of hydrogen-bond donors (Lipinski definition) is 1. The maximum atomic E-state index is 9.59. The topological polar surface area (TPSA) is 20.2 Å². The molecule has 13 heavy (non-hydrogen) atoms. The van der Waals surface area contributed by atoms with Gasteiger partial charge in [-0.3, -0.25) is 0 Å². The molecule has 0 radical (unpaired) electrons. The Balaban J connectivity index is 1.59. The van der Waals surface area contributed by atoms with Crippen LogP contribution in [-0.2, 0) is 6.42 Å². The molecule has 1 heterocycles. The fourth-order valence-electron chi connectivity index (χ4n) is 1.61. The van der Waals surface area contributed by atoms with Crippen molar-refractivity contribution in [2.45, 2.75) is 44.1 Å². The van der Waals surface area contributed by atoms with Crippen molar-refractivity contribution in [2.24, 2.45) is 0 Å². The van der Waals surface area contributed by atoms with Gasteiger partial charge < -0.3 is 5.11 Å². The van der Waals surface area contributed by atoms with Gasteiger partial charge in [0.2, 0.25) is 0 Å². The Morgan fingerprint density at radius 3 is 2.85 bits per heavy atom. The summed E-state index contributed by atoms with van der Waals surface area (Å²) in [5.74, 6) is 0. The van der Waals surface area contributed by atoms with E-state index in [1.807, 2.05) is 0 Å². The summed E-state index contributed by atoms with van der Waals surface area (Å²) in [6.07, 6.45) is 6.65. The molecular weight excluding hydrogens is 180 g/mol. The van der Waals surface area contributed by atoms with E-state index in [0.29, 0.717) is 0 Å².